The number of hydrogen-bond donors (Lipinski definition) is 2. The number of likely N-dealkylation sites (tertiary alicyclic amines) is 1. The summed E-state index contributed by atoms with van der Waals surface area (Å²) >= 11 is 5.87. The largest absolute Gasteiger partial charge is 0.491 e. The van der Waals surface area contributed by atoms with E-state index in [1.807, 2.05) is 6.07 Å². The van der Waals surface area contributed by atoms with Gasteiger partial charge < -0.3 is 20.7 Å². The zero-order valence-electron chi connectivity index (χ0n) is 15.9. The van der Waals surface area contributed by atoms with Crippen LogP contribution in [0.2, 0.25) is 5.02 Å². The fourth-order valence-electron chi connectivity index (χ4n) is 4.33. The number of anilines is 3. The Morgan fingerprint density at radius 1 is 1.24 bits per heavy atom. The maximum Gasteiger partial charge on any atom is 0.144 e. The summed E-state index contributed by atoms with van der Waals surface area (Å²) in [7, 11) is 2.16. The SMILES string of the molecule is CN1CC2C(COc3cc4ncnc(Nc5ccc(F)c(Cl)c5)c4cc3N)C2C1. The van der Waals surface area contributed by atoms with Crippen molar-refractivity contribution in [3.05, 3.63) is 47.5 Å². The van der Waals surface area contributed by atoms with E-state index in [0.29, 0.717) is 35.5 Å². The highest BCUT2D eigenvalue weighted by molar-refractivity contribution is 6.31. The molecule has 1 aliphatic carbocycles. The van der Waals surface area contributed by atoms with E-state index in [1.165, 1.54) is 18.5 Å². The molecule has 8 heteroatoms. The molecule has 29 heavy (non-hydrogen) atoms. The topological polar surface area (TPSA) is 76.3 Å². The Kier molecular flexibility index (Phi) is 4.44. The molecule has 0 radical (unpaired) electrons. The second kappa shape index (κ2) is 7.00. The number of rotatable bonds is 5. The van der Waals surface area contributed by atoms with E-state index in [-0.39, 0.29) is 5.02 Å². The molecule has 3 N–H and O–H groups in total. The number of halogens is 2. The number of ether oxygens (including phenoxy) is 1. The molecule has 2 aliphatic rings. The third-order valence-corrected chi connectivity index (χ3v) is 6.22. The molecule has 1 aliphatic heterocycles. The highest BCUT2D eigenvalue weighted by atomic mass is 35.5. The van der Waals surface area contributed by atoms with Crippen LogP contribution in [0.5, 0.6) is 5.75 Å². The van der Waals surface area contributed by atoms with E-state index >= 15 is 0 Å². The summed E-state index contributed by atoms with van der Waals surface area (Å²) < 4.78 is 19.4. The molecule has 0 spiro atoms. The second-order valence-corrected chi connectivity index (χ2v) is 8.31. The summed E-state index contributed by atoms with van der Waals surface area (Å²) in [4.78, 5) is 11.0. The van der Waals surface area contributed by atoms with E-state index < -0.39 is 5.82 Å². The van der Waals surface area contributed by atoms with Crippen LogP contribution < -0.4 is 15.8 Å². The van der Waals surface area contributed by atoms with E-state index in [4.69, 9.17) is 22.1 Å². The molecule has 2 unspecified atom stereocenters. The van der Waals surface area contributed by atoms with Gasteiger partial charge in [0.05, 0.1) is 22.8 Å². The highest BCUT2D eigenvalue weighted by Crippen LogP contribution is 2.51. The van der Waals surface area contributed by atoms with E-state index in [9.17, 15) is 4.39 Å². The average Bonchev–Trinajstić information content (AvgIpc) is 3.15. The maximum atomic E-state index is 13.4. The lowest BCUT2D eigenvalue weighted by molar-refractivity contribution is 0.254. The van der Waals surface area contributed by atoms with Gasteiger partial charge in [-0.15, -0.1) is 0 Å². The molecule has 1 aromatic heterocycles. The molecular weight excluding hydrogens is 393 g/mol. The molecule has 2 fully saturated rings. The number of fused-ring (bicyclic) bond motifs is 2. The van der Waals surface area contributed by atoms with Crippen molar-refractivity contribution in [2.24, 2.45) is 17.8 Å². The van der Waals surface area contributed by atoms with Gasteiger partial charge in [0.2, 0.25) is 0 Å². The number of piperidine rings is 1. The molecule has 6 nitrogen and oxygen atoms in total. The normalized spacial score (nSPS) is 23.2. The van der Waals surface area contributed by atoms with Crippen molar-refractivity contribution in [2.45, 2.75) is 0 Å². The van der Waals surface area contributed by atoms with Crippen molar-refractivity contribution >= 4 is 39.7 Å². The van der Waals surface area contributed by atoms with Gasteiger partial charge in [-0.05, 0) is 43.1 Å². The lowest BCUT2D eigenvalue weighted by atomic mass is 10.2. The molecule has 2 atom stereocenters. The molecule has 2 heterocycles. The number of nitrogens with one attached hydrogen (secondary N) is 1. The Labute approximate surface area is 172 Å². The van der Waals surface area contributed by atoms with Crippen LogP contribution in [-0.4, -0.2) is 41.6 Å². The number of aromatic nitrogens is 2. The third kappa shape index (κ3) is 3.45. The lowest BCUT2D eigenvalue weighted by Crippen LogP contribution is -2.21. The van der Waals surface area contributed by atoms with Crippen molar-refractivity contribution in [1.82, 2.24) is 14.9 Å². The zero-order valence-corrected chi connectivity index (χ0v) is 16.7. The minimum atomic E-state index is -0.470. The Balaban J connectivity index is 1.36. The fourth-order valence-corrected chi connectivity index (χ4v) is 4.51. The minimum absolute atomic E-state index is 0.0413. The quantitative estimate of drug-likeness (QED) is 0.617. The average molecular weight is 414 g/mol. The minimum Gasteiger partial charge on any atom is -0.491 e. The van der Waals surface area contributed by atoms with Crippen LogP contribution >= 0.6 is 11.6 Å². The van der Waals surface area contributed by atoms with Crippen molar-refractivity contribution in [1.29, 1.82) is 0 Å². The van der Waals surface area contributed by atoms with Crippen molar-refractivity contribution in [3.8, 4) is 5.75 Å². The first kappa shape index (κ1) is 18.4. The first-order valence-corrected chi connectivity index (χ1v) is 9.95. The first-order chi connectivity index (χ1) is 14.0. The van der Waals surface area contributed by atoms with Gasteiger partial charge in [-0.3, -0.25) is 0 Å². The van der Waals surface area contributed by atoms with Crippen LogP contribution in [0.4, 0.5) is 21.6 Å². The van der Waals surface area contributed by atoms with Gasteiger partial charge in [0.1, 0.15) is 23.7 Å². The lowest BCUT2D eigenvalue weighted by Gasteiger charge is -2.15. The Hall–Kier alpha value is -2.64. The summed E-state index contributed by atoms with van der Waals surface area (Å²) in [5.74, 6) is 2.86. The van der Waals surface area contributed by atoms with Crippen molar-refractivity contribution in [3.63, 3.8) is 0 Å². The first-order valence-electron chi connectivity index (χ1n) is 9.57. The molecule has 1 saturated heterocycles. The summed E-state index contributed by atoms with van der Waals surface area (Å²) in [6.07, 6.45) is 1.47. The van der Waals surface area contributed by atoms with Crippen molar-refractivity contribution < 1.29 is 9.13 Å². The number of nitrogen functional groups attached to an aromatic ring is 1. The molecule has 150 valence electrons. The van der Waals surface area contributed by atoms with Crippen molar-refractivity contribution in [2.75, 3.05) is 37.8 Å². The van der Waals surface area contributed by atoms with Crippen LogP contribution in [0.25, 0.3) is 10.9 Å². The molecule has 1 saturated carbocycles. The zero-order chi connectivity index (χ0) is 20.1. The molecule has 2 aromatic carbocycles. The second-order valence-electron chi connectivity index (χ2n) is 7.91. The number of benzene rings is 2. The van der Waals surface area contributed by atoms with E-state index in [0.717, 1.165) is 35.8 Å². The van der Waals surface area contributed by atoms with Gasteiger partial charge in [0.25, 0.3) is 0 Å². The van der Waals surface area contributed by atoms with Crippen LogP contribution in [-0.2, 0) is 0 Å². The van der Waals surface area contributed by atoms with Gasteiger partial charge in [-0.2, -0.15) is 0 Å². The van der Waals surface area contributed by atoms with Crippen LogP contribution in [0.15, 0.2) is 36.7 Å². The number of hydrogen-bond acceptors (Lipinski definition) is 6. The molecule has 5 rings (SSSR count). The molecule has 0 amide bonds. The number of nitrogens with two attached hydrogens (primary N) is 1. The Bertz CT molecular complexity index is 1080. The summed E-state index contributed by atoms with van der Waals surface area (Å²) in [5.41, 5.74) is 8.13. The van der Waals surface area contributed by atoms with E-state index in [2.05, 4.69) is 27.2 Å². The van der Waals surface area contributed by atoms with Gasteiger partial charge in [0, 0.05) is 36.1 Å². The highest BCUT2D eigenvalue weighted by Gasteiger charge is 2.54. The summed E-state index contributed by atoms with van der Waals surface area (Å²) in [6, 6.07) is 8.06. The predicted octanol–water partition coefficient (Wildman–Crippen LogP) is 3.93. The van der Waals surface area contributed by atoms with Gasteiger partial charge in [-0.25, -0.2) is 14.4 Å². The van der Waals surface area contributed by atoms with Gasteiger partial charge in [0.15, 0.2) is 0 Å². The fraction of sp³-hybridized carbons (Fsp3) is 0.333. The van der Waals surface area contributed by atoms with Crippen LogP contribution in [0, 0.1) is 23.6 Å². The smallest absolute Gasteiger partial charge is 0.144 e. The standard InChI is InChI=1S/C21H21ClFN5O/c1-28-7-13-14(8-28)15(13)9-29-20-6-19-12(5-18(20)24)21(26-10-25-19)27-11-2-3-17(23)16(22)4-11/h2-6,10,13-15H,7-9,24H2,1H3,(H,25,26,27). The molecular formula is C21H21ClFN5O. The Morgan fingerprint density at radius 3 is 2.79 bits per heavy atom. The van der Waals surface area contributed by atoms with Gasteiger partial charge >= 0.3 is 0 Å². The summed E-state index contributed by atoms with van der Waals surface area (Å²) in [5, 5.41) is 3.94. The van der Waals surface area contributed by atoms with E-state index in [1.54, 1.807) is 12.1 Å². The number of nitrogens with zero attached hydrogens (tertiary/aromatic N) is 3. The predicted molar refractivity (Wildman–Crippen MR) is 112 cm³/mol. The van der Waals surface area contributed by atoms with Crippen LogP contribution in [0.3, 0.4) is 0 Å². The van der Waals surface area contributed by atoms with Crippen LogP contribution in [0.1, 0.15) is 0 Å². The molecule has 3 aromatic rings. The Morgan fingerprint density at radius 2 is 2.03 bits per heavy atom. The third-order valence-electron chi connectivity index (χ3n) is 5.93. The maximum absolute atomic E-state index is 13.4. The van der Waals surface area contributed by atoms with Gasteiger partial charge in [-0.1, -0.05) is 11.6 Å². The molecule has 0 bridgehead atoms. The summed E-state index contributed by atoms with van der Waals surface area (Å²) in [6.45, 7) is 2.99. The monoisotopic (exact) mass is 413 g/mol.